The van der Waals surface area contributed by atoms with E-state index in [2.05, 4.69) is 13.2 Å². The van der Waals surface area contributed by atoms with Crippen molar-refractivity contribution in [3.05, 3.63) is 61.2 Å². The summed E-state index contributed by atoms with van der Waals surface area (Å²) in [5.74, 6) is -2.83. The molecule has 1 N–H and O–H groups in total. The highest BCUT2D eigenvalue weighted by Crippen LogP contribution is 2.64. The highest BCUT2D eigenvalue weighted by molar-refractivity contribution is 5.99. The molecule has 3 fully saturated rings. The van der Waals surface area contributed by atoms with Gasteiger partial charge in [-0.2, -0.15) is 0 Å². The molecule has 1 aromatic rings. The van der Waals surface area contributed by atoms with Crippen molar-refractivity contribution >= 4 is 17.8 Å². The topological polar surface area (TPSA) is 96.4 Å². The van der Waals surface area contributed by atoms with Crippen LogP contribution in [0.3, 0.4) is 0 Å². The fraction of sp³-hybridized carbons (Fsp3) is 0.581. The summed E-state index contributed by atoms with van der Waals surface area (Å²) in [6.07, 6.45) is 5.17. The van der Waals surface area contributed by atoms with Gasteiger partial charge >= 0.3 is 5.97 Å². The number of carbonyl (C=O) groups is 3. The van der Waals surface area contributed by atoms with Crippen LogP contribution < -0.4 is 0 Å². The summed E-state index contributed by atoms with van der Waals surface area (Å²) in [5, 5.41) is 10.6. The van der Waals surface area contributed by atoms with E-state index in [1.165, 1.54) is 4.90 Å². The minimum absolute atomic E-state index is 0.166. The van der Waals surface area contributed by atoms with Crippen LogP contribution in [-0.4, -0.2) is 81.3 Å². The van der Waals surface area contributed by atoms with Gasteiger partial charge < -0.3 is 24.4 Å². The van der Waals surface area contributed by atoms with Crippen LogP contribution in [-0.2, 0) is 30.3 Å². The van der Waals surface area contributed by atoms with Crippen molar-refractivity contribution in [1.82, 2.24) is 9.80 Å². The quantitative estimate of drug-likeness (QED) is 0.264. The first-order valence-corrected chi connectivity index (χ1v) is 13.8. The Labute approximate surface area is 231 Å². The van der Waals surface area contributed by atoms with Crippen LogP contribution in [0, 0.1) is 11.8 Å². The maximum Gasteiger partial charge on any atom is 0.312 e. The molecule has 3 aliphatic rings. The molecule has 3 saturated heterocycles. The molecule has 39 heavy (non-hydrogen) atoms. The maximum atomic E-state index is 14.5. The number of aliphatic hydroxyl groups excluding tert-OH is 1. The first-order valence-electron chi connectivity index (χ1n) is 13.8. The minimum atomic E-state index is -1.19. The number of benzene rings is 1. The van der Waals surface area contributed by atoms with Gasteiger partial charge in [0.15, 0.2) is 0 Å². The van der Waals surface area contributed by atoms with Gasteiger partial charge in [-0.25, -0.2) is 0 Å². The Morgan fingerprint density at radius 2 is 1.92 bits per heavy atom. The summed E-state index contributed by atoms with van der Waals surface area (Å²) < 4.78 is 12.3. The van der Waals surface area contributed by atoms with Crippen LogP contribution in [0.1, 0.15) is 52.5 Å². The van der Waals surface area contributed by atoms with Crippen LogP contribution in [0.15, 0.2) is 55.6 Å². The van der Waals surface area contributed by atoms with E-state index in [0.717, 1.165) is 5.56 Å². The van der Waals surface area contributed by atoms with Crippen molar-refractivity contribution in [2.75, 3.05) is 19.8 Å². The molecule has 4 rings (SSSR count). The highest BCUT2D eigenvalue weighted by Gasteiger charge is 2.79. The van der Waals surface area contributed by atoms with Crippen LogP contribution >= 0.6 is 0 Å². The van der Waals surface area contributed by atoms with Gasteiger partial charge in [-0.3, -0.25) is 14.4 Å². The molecule has 0 aromatic heterocycles. The molecule has 1 spiro atoms. The molecule has 3 aliphatic heterocycles. The van der Waals surface area contributed by atoms with Crippen LogP contribution in [0.25, 0.3) is 0 Å². The number of carbonyl (C=O) groups excluding carboxylic acids is 3. The molecule has 2 bridgehead atoms. The van der Waals surface area contributed by atoms with Crippen molar-refractivity contribution in [3.63, 3.8) is 0 Å². The van der Waals surface area contributed by atoms with Crippen molar-refractivity contribution in [1.29, 1.82) is 0 Å². The van der Waals surface area contributed by atoms with Crippen LogP contribution in [0.2, 0.25) is 0 Å². The summed E-state index contributed by atoms with van der Waals surface area (Å²) in [6, 6.07) is 7.90. The fourth-order valence-electron chi connectivity index (χ4n) is 6.83. The number of esters is 1. The smallest absolute Gasteiger partial charge is 0.312 e. The lowest BCUT2D eigenvalue weighted by atomic mass is 9.66. The molecule has 0 radical (unpaired) electrons. The van der Waals surface area contributed by atoms with E-state index < -0.39 is 46.6 Å². The summed E-state index contributed by atoms with van der Waals surface area (Å²) in [6.45, 7) is 15.3. The lowest BCUT2D eigenvalue weighted by molar-refractivity contribution is -0.162. The third-order valence-corrected chi connectivity index (χ3v) is 8.57. The van der Waals surface area contributed by atoms with Gasteiger partial charge in [0.05, 0.1) is 30.8 Å². The zero-order valence-corrected chi connectivity index (χ0v) is 23.6. The Kier molecular flexibility index (Phi) is 8.11. The minimum Gasteiger partial charge on any atom is -0.465 e. The Morgan fingerprint density at radius 3 is 2.51 bits per heavy atom. The average Bonchev–Trinajstić information content (AvgIpc) is 3.46. The monoisotopic (exact) mass is 538 g/mol. The van der Waals surface area contributed by atoms with Crippen LogP contribution in [0.5, 0.6) is 0 Å². The molecule has 2 amide bonds. The number of hydrogen-bond donors (Lipinski definition) is 1. The van der Waals surface area contributed by atoms with E-state index in [-0.39, 0.29) is 31.6 Å². The van der Waals surface area contributed by atoms with Gasteiger partial charge in [0.25, 0.3) is 0 Å². The predicted octanol–water partition coefficient (Wildman–Crippen LogP) is 3.29. The van der Waals surface area contributed by atoms with Gasteiger partial charge in [0.2, 0.25) is 11.8 Å². The van der Waals surface area contributed by atoms with E-state index in [9.17, 15) is 19.5 Å². The fourth-order valence-corrected chi connectivity index (χ4v) is 6.83. The van der Waals surface area contributed by atoms with Crippen molar-refractivity contribution < 1.29 is 29.0 Å². The Bertz CT molecular complexity index is 1110. The normalized spacial score (nSPS) is 30.1. The predicted molar refractivity (Wildman–Crippen MR) is 148 cm³/mol. The number of aliphatic hydroxyl groups is 1. The highest BCUT2D eigenvalue weighted by atomic mass is 16.6. The average molecular weight is 539 g/mol. The molecule has 0 aliphatic carbocycles. The van der Waals surface area contributed by atoms with Crippen molar-refractivity contribution in [2.45, 2.75) is 82.2 Å². The van der Waals surface area contributed by atoms with Crippen LogP contribution in [0.4, 0.5) is 0 Å². The standard InChI is InChI=1S/C31H42N2O6/c1-7-9-18-38-28(37)24-23-26(35)33(22(20-34)19-21-13-11-10-12-14-21)25(31(23)16-15-30(24,6)39-31)27(36)32(17-8-2)29(3,4)5/h7-8,10-14,22-25,34H,1-2,9,15-20H2,3-6H3/t22-,23+,24+,25?,30-,31?/m1/s1. The first kappa shape index (κ1) is 29.0. The van der Waals surface area contributed by atoms with E-state index in [1.807, 2.05) is 58.0 Å². The Morgan fingerprint density at radius 1 is 1.23 bits per heavy atom. The molecule has 2 unspecified atom stereocenters. The largest absolute Gasteiger partial charge is 0.465 e. The zero-order valence-electron chi connectivity index (χ0n) is 23.6. The number of amides is 2. The lowest BCUT2D eigenvalue weighted by Crippen LogP contribution is -2.62. The second-order valence-electron chi connectivity index (χ2n) is 12.2. The molecule has 8 nitrogen and oxygen atoms in total. The molecule has 212 valence electrons. The molecule has 8 heteroatoms. The molecule has 3 heterocycles. The SMILES string of the molecule is C=CCCOC(=O)[C@@H]1[C@H]2C(=O)N([C@@H](CO)Cc3ccccc3)C(C(=O)N(CC=C)C(C)(C)C)C23CC[C@@]1(C)O3. The second-order valence-corrected chi connectivity index (χ2v) is 12.2. The summed E-state index contributed by atoms with van der Waals surface area (Å²) in [7, 11) is 0. The number of likely N-dealkylation sites (tertiary alicyclic amines) is 1. The Hall–Kier alpha value is -2.97. The van der Waals surface area contributed by atoms with E-state index in [1.54, 1.807) is 17.1 Å². The first-order chi connectivity index (χ1) is 18.4. The van der Waals surface area contributed by atoms with Crippen molar-refractivity contribution in [3.8, 4) is 0 Å². The zero-order chi connectivity index (χ0) is 28.6. The van der Waals surface area contributed by atoms with Gasteiger partial charge in [0.1, 0.15) is 17.6 Å². The molecule has 6 atom stereocenters. The molecular weight excluding hydrogens is 496 g/mol. The second kappa shape index (κ2) is 10.9. The number of hydrogen-bond acceptors (Lipinski definition) is 6. The van der Waals surface area contributed by atoms with E-state index in [4.69, 9.17) is 9.47 Å². The number of ether oxygens (including phenoxy) is 2. The van der Waals surface area contributed by atoms with Gasteiger partial charge in [-0.15, -0.1) is 13.2 Å². The molecule has 1 aromatic carbocycles. The maximum absolute atomic E-state index is 14.5. The van der Waals surface area contributed by atoms with Crippen molar-refractivity contribution in [2.24, 2.45) is 11.8 Å². The number of rotatable bonds is 11. The third kappa shape index (κ3) is 4.93. The molecule has 0 saturated carbocycles. The number of nitrogens with zero attached hydrogens (tertiary/aromatic N) is 2. The van der Waals surface area contributed by atoms with E-state index >= 15 is 0 Å². The molecular formula is C31H42N2O6. The summed E-state index contributed by atoms with van der Waals surface area (Å²) >= 11 is 0. The summed E-state index contributed by atoms with van der Waals surface area (Å²) in [4.78, 5) is 45.6. The summed E-state index contributed by atoms with van der Waals surface area (Å²) in [5.41, 5.74) is -1.75. The number of fused-ring (bicyclic) bond motifs is 1. The van der Waals surface area contributed by atoms with E-state index in [0.29, 0.717) is 25.7 Å². The van der Waals surface area contributed by atoms with Gasteiger partial charge in [0, 0.05) is 12.1 Å². The lowest BCUT2D eigenvalue weighted by Gasteiger charge is -2.43. The van der Waals surface area contributed by atoms with Gasteiger partial charge in [-0.1, -0.05) is 42.5 Å². The Balaban J connectivity index is 1.81. The third-order valence-electron chi connectivity index (χ3n) is 8.57. The van der Waals surface area contributed by atoms with Gasteiger partial charge in [-0.05, 0) is 58.9 Å².